The van der Waals surface area contributed by atoms with E-state index in [2.05, 4.69) is 20.8 Å². The maximum atomic E-state index is 12.0. The Morgan fingerprint density at radius 3 is 2.90 bits per heavy atom. The molecule has 0 aromatic carbocycles. The zero-order chi connectivity index (χ0) is 14.5. The molecule has 1 N–H and O–H groups in total. The smallest absolute Gasteiger partial charge is 0.253 e. The molecule has 0 radical (unpaired) electrons. The second kappa shape index (κ2) is 6.07. The Morgan fingerprint density at radius 2 is 2.25 bits per heavy atom. The standard InChI is InChI=1S/C16H17N3O/c1-4-8-18-16(20)15-10-12(2)19(13(15)3)11-14-7-5-6-9-17-14/h1,5-7,9-10H,8,11H2,2-3H3,(H,18,20). The third kappa shape index (κ3) is 2.89. The SMILES string of the molecule is C#CCNC(=O)c1cc(C)n(Cc2ccccn2)c1C. The van der Waals surface area contributed by atoms with Crippen LogP contribution in [0.3, 0.4) is 0 Å². The molecule has 0 bridgehead atoms. The Kier molecular flexibility index (Phi) is 4.21. The summed E-state index contributed by atoms with van der Waals surface area (Å²) in [6.45, 7) is 4.80. The second-order valence-corrected chi connectivity index (χ2v) is 4.58. The van der Waals surface area contributed by atoms with Gasteiger partial charge in [-0.05, 0) is 32.0 Å². The first-order chi connectivity index (χ1) is 9.63. The molecule has 0 saturated carbocycles. The highest BCUT2D eigenvalue weighted by atomic mass is 16.1. The number of amides is 1. The Hall–Kier alpha value is -2.54. The average Bonchev–Trinajstić information content (AvgIpc) is 2.74. The van der Waals surface area contributed by atoms with Crippen molar-refractivity contribution in [3.8, 4) is 12.3 Å². The van der Waals surface area contributed by atoms with Crippen molar-refractivity contribution < 1.29 is 4.79 Å². The van der Waals surface area contributed by atoms with Gasteiger partial charge in [0.15, 0.2) is 0 Å². The lowest BCUT2D eigenvalue weighted by Crippen LogP contribution is -2.24. The van der Waals surface area contributed by atoms with Gasteiger partial charge in [-0.3, -0.25) is 9.78 Å². The van der Waals surface area contributed by atoms with Crippen molar-refractivity contribution in [1.82, 2.24) is 14.9 Å². The number of aryl methyl sites for hydroxylation is 1. The molecule has 0 fully saturated rings. The van der Waals surface area contributed by atoms with E-state index in [1.54, 1.807) is 6.20 Å². The summed E-state index contributed by atoms with van der Waals surface area (Å²) in [6.07, 6.45) is 6.92. The van der Waals surface area contributed by atoms with Crippen LogP contribution in [0.1, 0.15) is 27.4 Å². The van der Waals surface area contributed by atoms with E-state index in [4.69, 9.17) is 6.42 Å². The number of nitrogens with zero attached hydrogens (tertiary/aromatic N) is 2. The highest BCUT2D eigenvalue weighted by Crippen LogP contribution is 2.16. The summed E-state index contributed by atoms with van der Waals surface area (Å²) in [5, 5.41) is 2.69. The Labute approximate surface area is 118 Å². The van der Waals surface area contributed by atoms with E-state index >= 15 is 0 Å². The maximum absolute atomic E-state index is 12.0. The quantitative estimate of drug-likeness (QED) is 0.860. The van der Waals surface area contributed by atoms with Gasteiger partial charge in [-0.25, -0.2) is 0 Å². The molecule has 0 saturated heterocycles. The van der Waals surface area contributed by atoms with Gasteiger partial charge in [0.25, 0.3) is 5.91 Å². The summed E-state index contributed by atoms with van der Waals surface area (Å²) in [6, 6.07) is 7.69. The van der Waals surface area contributed by atoms with Gasteiger partial charge in [0.05, 0.1) is 24.3 Å². The molecule has 0 spiro atoms. The predicted molar refractivity (Wildman–Crippen MR) is 78.4 cm³/mol. The number of hydrogen-bond acceptors (Lipinski definition) is 2. The number of pyridine rings is 1. The van der Waals surface area contributed by atoms with Crippen molar-refractivity contribution >= 4 is 5.91 Å². The van der Waals surface area contributed by atoms with Crippen LogP contribution in [0.4, 0.5) is 0 Å². The fourth-order valence-electron chi connectivity index (χ4n) is 2.15. The topological polar surface area (TPSA) is 46.9 Å². The van der Waals surface area contributed by atoms with Gasteiger partial charge >= 0.3 is 0 Å². The molecule has 0 unspecified atom stereocenters. The van der Waals surface area contributed by atoms with Gasteiger partial charge < -0.3 is 9.88 Å². The van der Waals surface area contributed by atoms with Crippen molar-refractivity contribution in [2.24, 2.45) is 0 Å². The lowest BCUT2D eigenvalue weighted by atomic mass is 10.2. The molecule has 2 aromatic heterocycles. The number of carbonyl (C=O) groups excluding carboxylic acids is 1. The summed E-state index contributed by atoms with van der Waals surface area (Å²) >= 11 is 0. The molecule has 4 heteroatoms. The molecule has 1 amide bonds. The van der Waals surface area contributed by atoms with Crippen LogP contribution in [-0.4, -0.2) is 22.0 Å². The Morgan fingerprint density at radius 1 is 1.45 bits per heavy atom. The number of terminal acetylenes is 1. The summed E-state index contributed by atoms with van der Waals surface area (Å²) in [5.74, 6) is 2.26. The first kappa shape index (κ1) is 13.9. The van der Waals surface area contributed by atoms with E-state index in [9.17, 15) is 4.79 Å². The number of aromatic nitrogens is 2. The van der Waals surface area contributed by atoms with Gasteiger partial charge in [-0.2, -0.15) is 0 Å². The lowest BCUT2D eigenvalue weighted by molar-refractivity contribution is 0.0958. The van der Waals surface area contributed by atoms with Crippen LogP contribution < -0.4 is 5.32 Å². The van der Waals surface area contributed by atoms with Crippen LogP contribution in [0.15, 0.2) is 30.5 Å². The van der Waals surface area contributed by atoms with Crippen molar-refractivity contribution in [2.45, 2.75) is 20.4 Å². The van der Waals surface area contributed by atoms with E-state index in [0.29, 0.717) is 12.1 Å². The van der Waals surface area contributed by atoms with Crippen LogP contribution >= 0.6 is 0 Å². The zero-order valence-corrected chi connectivity index (χ0v) is 11.7. The molecule has 20 heavy (non-hydrogen) atoms. The van der Waals surface area contributed by atoms with Crippen molar-refractivity contribution in [3.63, 3.8) is 0 Å². The number of rotatable bonds is 4. The minimum absolute atomic E-state index is 0.136. The normalized spacial score (nSPS) is 10.1. The molecule has 2 heterocycles. The summed E-state index contributed by atoms with van der Waals surface area (Å²) < 4.78 is 2.08. The fraction of sp³-hybridized carbons (Fsp3) is 0.250. The summed E-state index contributed by atoms with van der Waals surface area (Å²) in [5.41, 5.74) is 3.57. The van der Waals surface area contributed by atoms with E-state index in [1.165, 1.54) is 0 Å². The molecular formula is C16H17N3O. The largest absolute Gasteiger partial charge is 0.342 e. The van der Waals surface area contributed by atoms with E-state index in [-0.39, 0.29) is 12.5 Å². The van der Waals surface area contributed by atoms with Crippen LogP contribution in [0.5, 0.6) is 0 Å². The van der Waals surface area contributed by atoms with E-state index in [0.717, 1.165) is 17.1 Å². The van der Waals surface area contributed by atoms with Crippen molar-refractivity contribution in [3.05, 3.63) is 53.1 Å². The summed E-state index contributed by atoms with van der Waals surface area (Å²) in [4.78, 5) is 16.3. The van der Waals surface area contributed by atoms with Gasteiger partial charge in [0, 0.05) is 17.6 Å². The minimum atomic E-state index is -0.136. The highest BCUT2D eigenvalue weighted by Gasteiger charge is 2.15. The average molecular weight is 267 g/mol. The molecule has 0 aliphatic heterocycles. The summed E-state index contributed by atoms with van der Waals surface area (Å²) in [7, 11) is 0. The maximum Gasteiger partial charge on any atom is 0.253 e. The first-order valence-corrected chi connectivity index (χ1v) is 6.41. The predicted octanol–water partition coefficient (Wildman–Crippen LogP) is 1.91. The molecule has 2 rings (SSSR count). The fourth-order valence-corrected chi connectivity index (χ4v) is 2.15. The van der Waals surface area contributed by atoms with Crippen molar-refractivity contribution in [2.75, 3.05) is 6.54 Å². The van der Waals surface area contributed by atoms with Crippen LogP contribution in [0.25, 0.3) is 0 Å². The van der Waals surface area contributed by atoms with Crippen molar-refractivity contribution in [1.29, 1.82) is 0 Å². The monoisotopic (exact) mass is 267 g/mol. The van der Waals surface area contributed by atoms with Gasteiger partial charge in [-0.1, -0.05) is 12.0 Å². The molecule has 0 aliphatic carbocycles. The van der Waals surface area contributed by atoms with Crippen LogP contribution in [0.2, 0.25) is 0 Å². The third-order valence-electron chi connectivity index (χ3n) is 3.22. The van der Waals surface area contributed by atoms with Crippen LogP contribution in [-0.2, 0) is 6.54 Å². The highest BCUT2D eigenvalue weighted by molar-refractivity contribution is 5.95. The molecule has 4 nitrogen and oxygen atoms in total. The Balaban J connectivity index is 2.25. The number of hydrogen-bond donors (Lipinski definition) is 1. The minimum Gasteiger partial charge on any atom is -0.342 e. The van der Waals surface area contributed by atoms with Gasteiger partial charge in [0.1, 0.15) is 0 Å². The molecule has 2 aromatic rings. The van der Waals surface area contributed by atoms with E-state index < -0.39 is 0 Å². The Bertz CT molecular complexity index is 650. The first-order valence-electron chi connectivity index (χ1n) is 6.41. The third-order valence-corrected chi connectivity index (χ3v) is 3.22. The van der Waals surface area contributed by atoms with Gasteiger partial charge in [0.2, 0.25) is 0 Å². The molecular weight excluding hydrogens is 250 g/mol. The second-order valence-electron chi connectivity index (χ2n) is 4.58. The van der Waals surface area contributed by atoms with E-state index in [1.807, 2.05) is 38.1 Å². The number of carbonyl (C=O) groups is 1. The van der Waals surface area contributed by atoms with Crippen LogP contribution in [0, 0.1) is 26.2 Å². The molecule has 0 atom stereocenters. The molecule has 0 aliphatic rings. The zero-order valence-electron chi connectivity index (χ0n) is 11.7. The molecule has 102 valence electrons. The number of nitrogens with one attached hydrogen (secondary N) is 1. The lowest BCUT2D eigenvalue weighted by Gasteiger charge is -2.09. The van der Waals surface area contributed by atoms with Gasteiger partial charge in [-0.15, -0.1) is 6.42 Å².